The molecular formula is C27H38N2O3S. The van der Waals surface area contributed by atoms with Crippen molar-refractivity contribution in [3.63, 3.8) is 0 Å². The summed E-state index contributed by atoms with van der Waals surface area (Å²) in [7, 11) is 0. The maximum Gasteiger partial charge on any atom is 0.237 e. The van der Waals surface area contributed by atoms with E-state index in [2.05, 4.69) is 50.9 Å². The Bertz CT molecular complexity index is 893. The van der Waals surface area contributed by atoms with Gasteiger partial charge in [0.05, 0.1) is 18.7 Å². The molecular weight excluding hydrogens is 432 g/mol. The van der Waals surface area contributed by atoms with Crippen molar-refractivity contribution in [2.24, 2.45) is 0 Å². The molecule has 0 aliphatic carbocycles. The molecule has 1 amide bonds. The molecule has 0 bridgehead atoms. The molecule has 1 aliphatic heterocycles. The first-order chi connectivity index (χ1) is 15.9. The summed E-state index contributed by atoms with van der Waals surface area (Å²) in [4.78, 5) is 18.7. The molecule has 1 aromatic heterocycles. The van der Waals surface area contributed by atoms with Crippen LogP contribution in [0.4, 0.5) is 0 Å². The smallest absolute Gasteiger partial charge is 0.237 e. The fraction of sp³-hybridized carbons (Fsp3) is 0.519. The number of amides is 1. The van der Waals surface area contributed by atoms with Gasteiger partial charge in [0.25, 0.3) is 0 Å². The van der Waals surface area contributed by atoms with Crippen molar-refractivity contribution in [2.75, 3.05) is 32.8 Å². The van der Waals surface area contributed by atoms with Crippen LogP contribution in [-0.2, 0) is 11.2 Å². The molecule has 0 unspecified atom stereocenters. The van der Waals surface area contributed by atoms with Crippen LogP contribution in [-0.4, -0.2) is 59.7 Å². The van der Waals surface area contributed by atoms with Gasteiger partial charge in [-0.3, -0.25) is 9.69 Å². The van der Waals surface area contributed by atoms with Crippen LogP contribution in [0.2, 0.25) is 0 Å². The summed E-state index contributed by atoms with van der Waals surface area (Å²) in [5.41, 5.74) is 2.48. The molecule has 2 atom stereocenters. The summed E-state index contributed by atoms with van der Waals surface area (Å²) >= 11 is 1.76. The largest absolute Gasteiger partial charge is 0.491 e. The highest BCUT2D eigenvalue weighted by molar-refractivity contribution is 7.10. The number of carbonyl (C=O) groups excluding carboxylic acids is 1. The van der Waals surface area contributed by atoms with E-state index in [0.29, 0.717) is 32.2 Å². The van der Waals surface area contributed by atoms with Crippen molar-refractivity contribution in [1.29, 1.82) is 0 Å². The van der Waals surface area contributed by atoms with Gasteiger partial charge in [0, 0.05) is 24.5 Å². The Labute approximate surface area is 202 Å². The number of aliphatic hydroxyl groups excluding tert-OH is 1. The molecule has 0 saturated carbocycles. The maximum absolute atomic E-state index is 13.4. The first kappa shape index (κ1) is 25.5. The van der Waals surface area contributed by atoms with Gasteiger partial charge in [-0.15, -0.1) is 17.9 Å². The van der Waals surface area contributed by atoms with Crippen LogP contribution in [0.5, 0.6) is 5.75 Å². The molecule has 2 aromatic rings. The Kier molecular flexibility index (Phi) is 9.53. The third kappa shape index (κ3) is 6.92. The van der Waals surface area contributed by atoms with E-state index in [1.807, 2.05) is 21.9 Å². The molecule has 0 radical (unpaired) electrons. The summed E-state index contributed by atoms with van der Waals surface area (Å²) in [6.07, 6.45) is 3.89. The number of ether oxygens (including phenoxy) is 1. The second-order valence-electron chi connectivity index (χ2n) is 9.11. The molecule has 0 saturated heterocycles. The number of benzene rings is 1. The van der Waals surface area contributed by atoms with E-state index in [4.69, 9.17) is 4.74 Å². The van der Waals surface area contributed by atoms with E-state index in [1.54, 1.807) is 17.4 Å². The van der Waals surface area contributed by atoms with Gasteiger partial charge in [0.1, 0.15) is 12.4 Å². The summed E-state index contributed by atoms with van der Waals surface area (Å²) in [5.74, 6) is 1.37. The second kappa shape index (κ2) is 12.4. The van der Waals surface area contributed by atoms with E-state index < -0.39 is 6.10 Å². The van der Waals surface area contributed by atoms with E-state index in [-0.39, 0.29) is 18.5 Å². The summed E-state index contributed by atoms with van der Waals surface area (Å²) in [5, 5.41) is 12.4. The maximum atomic E-state index is 13.4. The van der Waals surface area contributed by atoms with Crippen molar-refractivity contribution in [2.45, 2.75) is 58.1 Å². The standard InChI is InChI=1S/C27H38N2O3S/c1-5-7-22(30)17-28(14-6-2)18-27(31)29-15-12-26-24(13-16-33-26)25(29)19-32-23-10-8-21(9-11-23)20(3)4/h6,8-11,13,16,20,22,25,30H,2,5,7,12,14-15,17-19H2,1,3-4H3/t22-,25-/m0/s1. The Morgan fingerprint density at radius 2 is 2.09 bits per heavy atom. The minimum Gasteiger partial charge on any atom is -0.491 e. The third-order valence-corrected chi connectivity index (χ3v) is 7.20. The highest BCUT2D eigenvalue weighted by Crippen LogP contribution is 2.34. The van der Waals surface area contributed by atoms with Crippen molar-refractivity contribution in [3.8, 4) is 5.75 Å². The van der Waals surface area contributed by atoms with Crippen LogP contribution in [0.1, 0.15) is 61.6 Å². The van der Waals surface area contributed by atoms with Gasteiger partial charge in [-0.2, -0.15) is 0 Å². The third-order valence-electron chi connectivity index (χ3n) is 6.21. The van der Waals surface area contributed by atoms with Gasteiger partial charge < -0.3 is 14.7 Å². The second-order valence-corrected chi connectivity index (χ2v) is 10.1. The van der Waals surface area contributed by atoms with E-state index in [0.717, 1.165) is 25.0 Å². The van der Waals surface area contributed by atoms with E-state index in [9.17, 15) is 9.90 Å². The molecule has 6 heteroatoms. The van der Waals surface area contributed by atoms with Gasteiger partial charge in [0.2, 0.25) is 5.91 Å². The number of nitrogens with zero attached hydrogens (tertiary/aromatic N) is 2. The number of rotatable bonds is 12. The molecule has 1 N–H and O–H groups in total. The first-order valence-corrected chi connectivity index (χ1v) is 12.9. The lowest BCUT2D eigenvalue weighted by Gasteiger charge is -2.37. The van der Waals surface area contributed by atoms with Crippen LogP contribution in [0.25, 0.3) is 0 Å². The van der Waals surface area contributed by atoms with Crippen LogP contribution >= 0.6 is 11.3 Å². The highest BCUT2D eigenvalue weighted by atomic mass is 32.1. The SMILES string of the molecule is C=CCN(CC(=O)N1CCc2sccc2[C@@H]1COc1ccc(C(C)C)cc1)C[C@@H](O)CCC. The number of fused-ring (bicyclic) bond motifs is 1. The summed E-state index contributed by atoms with van der Waals surface area (Å²) in [6, 6.07) is 10.3. The molecule has 1 aliphatic rings. The Morgan fingerprint density at radius 3 is 2.76 bits per heavy atom. The van der Waals surface area contributed by atoms with Gasteiger partial charge in [-0.05, 0) is 53.5 Å². The number of thiophene rings is 1. The van der Waals surface area contributed by atoms with Crippen LogP contribution in [0, 0.1) is 0 Å². The molecule has 0 spiro atoms. The topological polar surface area (TPSA) is 53.0 Å². The number of hydrogen-bond acceptors (Lipinski definition) is 5. The van der Waals surface area contributed by atoms with Crippen molar-refractivity contribution >= 4 is 17.2 Å². The summed E-state index contributed by atoms with van der Waals surface area (Å²) < 4.78 is 6.18. The van der Waals surface area contributed by atoms with Crippen molar-refractivity contribution < 1.29 is 14.6 Å². The first-order valence-electron chi connectivity index (χ1n) is 12.0. The molecule has 180 valence electrons. The van der Waals surface area contributed by atoms with Crippen molar-refractivity contribution in [3.05, 3.63) is 64.4 Å². The molecule has 2 heterocycles. The number of aliphatic hydroxyl groups is 1. The van der Waals surface area contributed by atoms with Crippen LogP contribution in [0.15, 0.2) is 48.4 Å². The molecule has 5 nitrogen and oxygen atoms in total. The van der Waals surface area contributed by atoms with Crippen LogP contribution in [0.3, 0.4) is 0 Å². The van der Waals surface area contributed by atoms with Crippen LogP contribution < -0.4 is 4.74 Å². The fourth-order valence-corrected chi connectivity index (χ4v) is 5.32. The zero-order valence-corrected chi connectivity index (χ0v) is 21.0. The average Bonchev–Trinajstić information content (AvgIpc) is 3.27. The van der Waals surface area contributed by atoms with E-state index in [1.165, 1.54) is 16.0 Å². The minimum atomic E-state index is -0.430. The van der Waals surface area contributed by atoms with Gasteiger partial charge in [-0.25, -0.2) is 0 Å². The predicted molar refractivity (Wildman–Crippen MR) is 136 cm³/mol. The minimum absolute atomic E-state index is 0.0705. The lowest BCUT2D eigenvalue weighted by atomic mass is 10.00. The monoisotopic (exact) mass is 470 g/mol. The zero-order valence-electron chi connectivity index (χ0n) is 20.2. The Balaban J connectivity index is 1.70. The Morgan fingerprint density at radius 1 is 1.33 bits per heavy atom. The van der Waals surface area contributed by atoms with Gasteiger partial charge >= 0.3 is 0 Å². The number of hydrogen-bond donors (Lipinski definition) is 1. The normalized spacial score (nSPS) is 16.7. The highest BCUT2D eigenvalue weighted by Gasteiger charge is 2.33. The number of carbonyl (C=O) groups is 1. The van der Waals surface area contributed by atoms with Gasteiger partial charge in [-0.1, -0.05) is 45.4 Å². The van der Waals surface area contributed by atoms with E-state index >= 15 is 0 Å². The Hall–Kier alpha value is -2.15. The molecule has 3 rings (SSSR count). The molecule has 0 fully saturated rings. The predicted octanol–water partition coefficient (Wildman–Crippen LogP) is 5.03. The fourth-order valence-electron chi connectivity index (χ4n) is 4.39. The average molecular weight is 471 g/mol. The van der Waals surface area contributed by atoms with Gasteiger partial charge in [0.15, 0.2) is 0 Å². The van der Waals surface area contributed by atoms with Crippen molar-refractivity contribution in [1.82, 2.24) is 9.80 Å². The summed E-state index contributed by atoms with van der Waals surface area (Å²) in [6.45, 7) is 12.7. The molecule has 1 aromatic carbocycles. The lowest BCUT2D eigenvalue weighted by Crippen LogP contribution is -2.47. The quantitative estimate of drug-likeness (QED) is 0.442. The zero-order chi connectivity index (χ0) is 23.8. The molecule has 33 heavy (non-hydrogen) atoms. The lowest BCUT2D eigenvalue weighted by molar-refractivity contribution is -0.136.